The van der Waals surface area contributed by atoms with E-state index in [1.165, 1.54) is 19.3 Å². The number of hydrogen-bond acceptors (Lipinski definition) is 4. The van der Waals surface area contributed by atoms with Gasteiger partial charge in [-0.15, -0.1) is 11.3 Å². The smallest absolute Gasteiger partial charge is 0.244 e. The number of thiophene rings is 1. The molecule has 0 saturated carbocycles. The molecule has 1 aromatic heterocycles. The fraction of sp³-hybridized carbons (Fsp3) is 0.611. The standard InChI is InChI=1S/C18H25BrN2O2S/c19-16-6-4-15(24-16)5-7-17(22)20-14-18(8-12-23-13-9-18)21-10-2-1-3-11-21/h4-7H,1-3,8-14H2,(H,20,22)/b7-5+. The summed E-state index contributed by atoms with van der Waals surface area (Å²) in [6.45, 7) is 4.61. The molecule has 2 aliphatic heterocycles. The Kier molecular flexibility index (Phi) is 6.49. The van der Waals surface area contributed by atoms with Gasteiger partial charge in [-0.25, -0.2) is 0 Å². The monoisotopic (exact) mass is 412 g/mol. The molecule has 2 aliphatic rings. The number of halogens is 1. The predicted molar refractivity (Wildman–Crippen MR) is 102 cm³/mol. The summed E-state index contributed by atoms with van der Waals surface area (Å²) in [6.07, 6.45) is 9.40. The van der Waals surface area contributed by atoms with Crippen molar-refractivity contribution in [2.75, 3.05) is 32.8 Å². The van der Waals surface area contributed by atoms with Crippen molar-refractivity contribution in [3.8, 4) is 0 Å². The second kappa shape index (κ2) is 8.61. The molecule has 0 spiro atoms. The first-order valence-corrected chi connectivity index (χ1v) is 10.3. The molecule has 0 aliphatic carbocycles. The quantitative estimate of drug-likeness (QED) is 0.749. The SMILES string of the molecule is O=C(/C=C/c1ccc(Br)s1)NCC1(N2CCCCC2)CCOCC1. The van der Waals surface area contributed by atoms with Crippen molar-refractivity contribution in [2.24, 2.45) is 0 Å². The van der Waals surface area contributed by atoms with E-state index in [2.05, 4.69) is 26.1 Å². The molecular weight excluding hydrogens is 388 g/mol. The number of likely N-dealkylation sites (tertiary alicyclic amines) is 1. The van der Waals surface area contributed by atoms with E-state index in [9.17, 15) is 4.79 Å². The molecule has 2 saturated heterocycles. The van der Waals surface area contributed by atoms with Gasteiger partial charge in [0.25, 0.3) is 0 Å². The minimum Gasteiger partial charge on any atom is -0.381 e. The number of amides is 1. The number of piperidine rings is 1. The van der Waals surface area contributed by atoms with Crippen LogP contribution in [-0.4, -0.2) is 49.2 Å². The summed E-state index contributed by atoms with van der Waals surface area (Å²) in [6, 6.07) is 4.00. The molecule has 132 valence electrons. The van der Waals surface area contributed by atoms with Gasteiger partial charge >= 0.3 is 0 Å². The van der Waals surface area contributed by atoms with E-state index in [1.807, 2.05) is 18.2 Å². The number of hydrogen-bond donors (Lipinski definition) is 1. The molecule has 0 bridgehead atoms. The van der Waals surface area contributed by atoms with E-state index >= 15 is 0 Å². The Bertz CT molecular complexity index is 575. The third kappa shape index (κ3) is 4.69. The molecule has 0 unspecified atom stereocenters. The largest absolute Gasteiger partial charge is 0.381 e. The zero-order valence-corrected chi connectivity index (χ0v) is 16.3. The van der Waals surface area contributed by atoms with Crippen molar-refractivity contribution in [3.63, 3.8) is 0 Å². The molecule has 0 aromatic carbocycles. The van der Waals surface area contributed by atoms with Crippen LogP contribution in [0.15, 0.2) is 22.0 Å². The predicted octanol–water partition coefficient (Wildman–Crippen LogP) is 3.68. The van der Waals surface area contributed by atoms with Gasteiger partial charge < -0.3 is 10.1 Å². The number of ether oxygens (including phenoxy) is 1. The highest BCUT2D eigenvalue weighted by atomic mass is 79.9. The van der Waals surface area contributed by atoms with E-state index in [-0.39, 0.29) is 11.4 Å². The normalized spacial score (nSPS) is 21.9. The first kappa shape index (κ1) is 18.1. The van der Waals surface area contributed by atoms with E-state index in [0.29, 0.717) is 6.54 Å². The fourth-order valence-electron chi connectivity index (χ4n) is 3.61. The summed E-state index contributed by atoms with van der Waals surface area (Å²) in [5, 5.41) is 3.14. The number of rotatable bonds is 5. The maximum Gasteiger partial charge on any atom is 0.244 e. The third-order valence-electron chi connectivity index (χ3n) is 5.04. The number of carbonyl (C=O) groups excluding carboxylic acids is 1. The maximum atomic E-state index is 12.2. The van der Waals surface area contributed by atoms with Gasteiger partial charge in [0.05, 0.1) is 3.79 Å². The second-order valence-corrected chi connectivity index (χ2v) is 9.07. The summed E-state index contributed by atoms with van der Waals surface area (Å²) in [5.74, 6) is -0.0117. The summed E-state index contributed by atoms with van der Waals surface area (Å²) in [5.41, 5.74) is 0.0775. The molecule has 6 heteroatoms. The van der Waals surface area contributed by atoms with Crippen molar-refractivity contribution in [1.29, 1.82) is 0 Å². The minimum atomic E-state index is -0.0117. The molecule has 2 fully saturated rings. The zero-order valence-electron chi connectivity index (χ0n) is 13.9. The molecule has 4 nitrogen and oxygen atoms in total. The lowest BCUT2D eigenvalue weighted by molar-refractivity contribution is -0.118. The Balaban J connectivity index is 1.58. The van der Waals surface area contributed by atoms with Crippen LogP contribution in [0, 0.1) is 0 Å². The molecule has 1 N–H and O–H groups in total. The van der Waals surface area contributed by atoms with Gasteiger partial charge in [-0.1, -0.05) is 6.42 Å². The van der Waals surface area contributed by atoms with E-state index in [4.69, 9.17) is 4.74 Å². The highest BCUT2D eigenvalue weighted by molar-refractivity contribution is 9.11. The van der Waals surface area contributed by atoms with E-state index in [0.717, 1.165) is 47.8 Å². The van der Waals surface area contributed by atoms with Gasteiger partial charge in [-0.2, -0.15) is 0 Å². The number of carbonyl (C=O) groups is 1. The molecule has 1 amide bonds. The fourth-order valence-corrected chi connectivity index (χ4v) is 4.94. The Morgan fingerprint density at radius 3 is 2.71 bits per heavy atom. The van der Waals surface area contributed by atoms with Crippen LogP contribution in [0.4, 0.5) is 0 Å². The first-order valence-electron chi connectivity index (χ1n) is 8.72. The van der Waals surface area contributed by atoms with E-state index in [1.54, 1.807) is 17.4 Å². The summed E-state index contributed by atoms with van der Waals surface area (Å²) in [4.78, 5) is 15.9. The van der Waals surface area contributed by atoms with Crippen LogP contribution in [0.2, 0.25) is 0 Å². The van der Waals surface area contributed by atoms with Crippen LogP contribution >= 0.6 is 27.3 Å². The maximum absolute atomic E-state index is 12.2. The summed E-state index contributed by atoms with van der Waals surface area (Å²) < 4.78 is 6.65. The van der Waals surface area contributed by atoms with Gasteiger partial charge in [0.2, 0.25) is 5.91 Å². The summed E-state index contributed by atoms with van der Waals surface area (Å²) in [7, 11) is 0. The molecular formula is C18H25BrN2O2S. The van der Waals surface area contributed by atoms with Crippen LogP contribution < -0.4 is 5.32 Å². The van der Waals surface area contributed by atoms with E-state index < -0.39 is 0 Å². The van der Waals surface area contributed by atoms with Gasteiger partial charge in [0, 0.05) is 36.3 Å². The second-order valence-electron chi connectivity index (χ2n) is 6.58. The van der Waals surface area contributed by atoms with Crippen LogP contribution in [0.25, 0.3) is 6.08 Å². The van der Waals surface area contributed by atoms with Gasteiger partial charge in [-0.3, -0.25) is 9.69 Å². The lowest BCUT2D eigenvalue weighted by Gasteiger charge is -2.48. The Hall–Kier alpha value is -0.690. The Morgan fingerprint density at radius 1 is 1.29 bits per heavy atom. The van der Waals surface area contributed by atoms with Crippen molar-refractivity contribution in [2.45, 2.75) is 37.6 Å². The van der Waals surface area contributed by atoms with Crippen molar-refractivity contribution >= 4 is 39.2 Å². The molecule has 3 rings (SSSR count). The topological polar surface area (TPSA) is 41.6 Å². The first-order chi connectivity index (χ1) is 11.7. The van der Waals surface area contributed by atoms with Crippen LogP contribution in [0.1, 0.15) is 37.0 Å². The van der Waals surface area contributed by atoms with Gasteiger partial charge in [0.15, 0.2) is 0 Å². The zero-order chi connectivity index (χ0) is 16.8. The Labute approximate surface area is 156 Å². The molecule has 0 atom stereocenters. The van der Waals surface area contributed by atoms with Crippen molar-refractivity contribution in [3.05, 3.63) is 26.9 Å². The molecule has 3 heterocycles. The molecule has 0 radical (unpaired) electrons. The molecule has 24 heavy (non-hydrogen) atoms. The highest BCUT2D eigenvalue weighted by Crippen LogP contribution is 2.30. The van der Waals surface area contributed by atoms with Gasteiger partial charge in [-0.05, 0) is 72.9 Å². The molecule has 1 aromatic rings. The third-order valence-corrected chi connectivity index (χ3v) is 6.62. The van der Waals surface area contributed by atoms with Crippen LogP contribution in [-0.2, 0) is 9.53 Å². The minimum absolute atomic E-state index is 0.0117. The van der Waals surface area contributed by atoms with Gasteiger partial charge in [0.1, 0.15) is 0 Å². The average Bonchev–Trinajstić information content (AvgIpc) is 3.05. The lowest BCUT2D eigenvalue weighted by atomic mass is 9.86. The van der Waals surface area contributed by atoms with Crippen molar-refractivity contribution in [1.82, 2.24) is 10.2 Å². The Morgan fingerprint density at radius 2 is 2.04 bits per heavy atom. The van der Waals surface area contributed by atoms with Crippen LogP contribution in [0.5, 0.6) is 0 Å². The lowest BCUT2D eigenvalue weighted by Crippen LogP contribution is -2.59. The number of nitrogens with one attached hydrogen (secondary N) is 1. The highest BCUT2D eigenvalue weighted by Gasteiger charge is 2.38. The van der Waals surface area contributed by atoms with Crippen LogP contribution in [0.3, 0.4) is 0 Å². The van der Waals surface area contributed by atoms with Crippen molar-refractivity contribution < 1.29 is 9.53 Å². The summed E-state index contributed by atoms with van der Waals surface area (Å²) >= 11 is 5.06. The average molecular weight is 413 g/mol. The number of nitrogens with zero attached hydrogens (tertiary/aromatic N) is 1.